The van der Waals surface area contributed by atoms with Crippen molar-refractivity contribution in [2.45, 2.75) is 0 Å². The van der Waals surface area contributed by atoms with Crippen LogP contribution in [0.15, 0.2) is 22.7 Å². The molecule has 1 aliphatic rings. The molecule has 2 aromatic rings. The van der Waals surface area contributed by atoms with Gasteiger partial charge in [0.15, 0.2) is 0 Å². The molecule has 0 aliphatic carbocycles. The Bertz CT molecular complexity index is 632. The van der Waals surface area contributed by atoms with Crippen LogP contribution in [0.3, 0.4) is 0 Å². The molecule has 112 valence electrons. The highest BCUT2D eigenvalue weighted by Gasteiger charge is 2.16. The second-order valence-electron chi connectivity index (χ2n) is 4.78. The molecule has 1 aromatic heterocycles. The number of nitrogens with one attached hydrogen (secondary N) is 1. The molecule has 0 atom stereocenters. The number of aliphatic hydroxyl groups excluding tert-OH is 1. The van der Waals surface area contributed by atoms with E-state index in [0.29, 0.717) is 25.7 Å². The van der Waals surface area contributed by atoms with Gasteiger partial charge >= 0.3 is 0 Å². The molecule has 6 nitrogen and oxygen atoms in total. The lowest BCUT2D eigenvalue weighted by Crippen LogP contribution is -2.37. The van der Waals surface area contributed by atoms with E-state index in [0.717, 1.165) is 34.3 Å². The standard InChI is InChI=1S/C14H17BrN4O2/c15-10-1-2-12-11(9-10)13(16-3-6-20)18-14(17-12)19-4-7-21-8-5-19/h1-2,9,20H,3-8H2,(H,16,17,18). The molecule has 1 saturated heterocycles. The van der Waals surface area contributed by atoms with Gasteiger partial charge in [0.25, 0.3) is 0 Å². The molecule has 0 saturated carbocycles. The van der Waals surface area contributed by atoms with Crippen molar-refractivity contribution in [3.63, 3.8) is 0 Å². The third-order valence-corrected chi connectivity index (χ3v) is 3.84. The normalized spacial score (nSPS) is 15.4. The molecular formula is C14H17BrN4O2. The summed E-state index contributed by atoms with van der Waals surface area (Å²) < 4.78 is 6.34. The van der Waals surface area contributed by atoms with E-state index < -0.39 is 0 Å². The summed E-state index contributed by atoms with van der Waals surface area (Å²) >= 11 is 3.47. The van der Waals surface area contributed by atoms with Crippen LogP contribution in [0.2, 0.25) is 0 Å². The lowest BCUT2D eigenvalue weighted by molar-refractivity contribution is 0.122. The van der Waals surface area contributed by atoms with E-state index in [-0.39, 0.29) is 6.61 Å². The molecule has 2 heterocycles. The average molecular weight is 353 g/mol. The SMILES string of the molecule is OCCNc1nc(N2CCOCC2)nc2ccc(Br)cc12. The van der Waals surface area contributed by atoms with Crippen molar-refractivity contribution in [1.29, 1.82) is 0 Å². The van der Waals surface area contributed by atoms with Crippen LogP contribution < -0.4 is 10.2 Å². The number of halogens is 1. The van der Waals surface area contributed by atoms with E-state index in [2.05, 4.69) is 36.1 Å². The van der Waals surface area contributed by atoms with Gasteiger partial charge in [-0.3, -0.25) is 0 Å². The fourth-order valence-electron chi connectivity index (χ4n) is 2.30. The molecule has 1 aliphatic heterocycles. The number of rotatable bonds is 4. The van der Waals surface area contributed by atoms with Crippen LogP contribution in [-0.4, -0.2) is 54.5 Å². The van der Waals surface area contributed by atoms with E-state index in [1.54, 1.807) is 0 Å². The molecule has 0 amide bonds. The smallest absolute Gasteiger partial charge is 0.228 e. The van der Waals surface area contributed by atoms with Gasteiger partial charge in [0, 0.05) is 29.5 Å². The Balaban J connectivity index is 2.03. The number of fused-ring (bicyclic) bond motifs is 1. The predicted octanol–water partition coefficient (Wildman–Crippen LogP) is 1.63. The number of benzene rings is 1. The highest BCUT2D eigenvalue weighted by molar-refractivity contribution is 9.10. The zero-order valence-electron chi connectivity index (χ0n) is 11.5. The molecule has 2 N–H and O–H groups in total. The number of hydrogen-bond donors (Lipinski definition) is 2. The van der Waals surface area contributed by atoms with E-state index in [4.69, 9.17) is 9.84 Å². The van der Waals surface area contributed by atoms with E-state index >= 15 is 0 Å². The zero-order valence-corrected chi connectivity index (χ0v) is 13.1. The fourth-order valence-corrected chi connectivity index (χ4v) is 2.66. The minimum atomic E-state index is 0.0619. The van der Waals surface area contributed by atoms with Crippen LogP contribution in [0.4, 0.5) is 11.8 Å². The van der Waals surface area contributed by atoms with Crippen LogP contribution in [0.5, 0.6) is 0 Å². The van der Waals surface area contributed by atoms with Gasteiger partial charge in [-0.2, -0.15) is 4.98 Å². The molecule has 0 bridgehead atoms. The van der Waals surface area contributed by atoms with Gasteiger partial charge in [-0.15, -0.1) is 0 Å². The zero-order chi connectivity index (χ0) is 14.7. The Labute approximate surface area is 131 Å². The summed E-state index contributed by atoms with van der Waals surface area (Å²) in [5.74, 6) is 1.45. The second kappa shape index (κ2) is 6.55. The van der Waals surface area contributed by atoms with Crippen LogP contribution in [0.1, 0.15) is 0 Å². The number of hydrogen-bond acceptors (Lipinski definition) is 6. The minimum Gasteiger partial charge on any atom is -0.395 e. The van der Waals surface area contributed by atoms with Crippen molar-refractivity contribution in [3.05, 3.63) is 22.7 Å². The van der Waals surface area contributed by atoms with Crippen molar-refractivity contribution >= 4 is 38.6 Å². The van der Waals surface area contributed by atoms with Gasteiger partial charge in [-0.05, 0) is 18.2 Å². The quantitative estimate of drug-likeness (QED) is 0.871. The van der Waals surface area contributed by atoms with Crippen LogP contribution >= 0.6 is 15.9 Å². The maximum Gasteiger partial charge on any atom is 0.228 e. The molecule has 3 rings (SSSR count). The summed E-state index contributed by atoms with van der Waals surface area (Å²) in [6, 6.07) is 5.92. The minimum absolute atomic E-state index is 0.0619. The highest BCUT2D eigenvalue weighted by atomic mass is 79.9. The first kappa shape index (κ1) is 14.5. The van der Waals surface area contributed by atoms with Crippen molar-refractivity contribution in [3.8, 4) is 0 Å². The summed E-state index contributed by atoms with van der Waals surface area (Å²) in [5, 5.41) is 13.1. The van der Waals surface area contributed by atoms with Crippen molar-refractivity contribution < 1.29 is 9.84 Å². The summed E-state index contributed by atoms with van der Waals surface area (Å²) in [4.78, 5) is 11.4. The summed E-state index contributed by atoms with van der Waals surface area (Å²) in [5.41, 5.74) is 0.884. The highest BCUT2D eigenvalue weighted by Crippen LogP contribution is 2.26. The summed E-state index contributed by atoms with van der Waals surface area (Å²) in [6.07, 6.45) is 0. The molecule has 0 spiro atoms. The number of morpholine rings is 1. The predicted molar refractivity (Wildman–Crippen MR) is 85.8 cm³/mol. The van der Waals surface area contributed by atoms with Crippen LogP contribution in [0.25, 0.3) is 10.9 Å². The molecule has 0 unspecified atom stereocenters. The van der Waals surface area contributed by atoms with Crippen molar-refractivity contribution in [1.82, 2.24) is 9.97 Å². The Hall–Kier alpha value is -1.44. The maximum atomic E-state index is 9.03. The molecule has 1 fully saturated rings. The Kier molecular flexibility index (Phi) is 4.52. The van der Waals surface area contributed by atoms with Crippen LogP contribution in [-0.2, 0) is 4.74 Å². The molecule has 1 aromatic carbocycles. The topological polar surface area (TPSA) is 70.5 Å². The second-order valence-corrected chi connectivity index (χ2v) is 5.70. The van der Waals surface area contributed by atoms with E-state index in [1.165, 1.54) is 0 Å². The first-order valence-corrected chi connectivity index (χ1v) is 7.72. The van der Waals surface area contributed by atoms with E-state index in [9.17, 15) is 0 Å². The largest absolute Gasteiger partial charge is 0.395 e. The van der Waals surface area contributed by atoms with Crippen LogP contribution in [0, 0.1) is 0 Å². The maximum absolute atomic E-state index is 9.03. The number of anilines is 2. The average Bonchev–Trinajstić information content (AvgIpc) is 2.53. The van der Waals surface area contributed by atoms with Crippen molar-refractivity contribution in [2.75, 3.05) is 49.7 Å². The fraction of sp³-hybridized carbons (Fsp3) is 0.429. The van der Waals surface area contributed by atoms with Gasteiger partial charge in [-0.25, -0.2) is 4.98 Å². The third-order valence-electron chi connectivity index (χ3n) is 3.34. The number of ether oxygens (including phenoxy) is 1. The lowest BCUT2D eigenvalue weighted by atomic mass is 10.2. The Morgan fingerprint density at radius 3 is 2.86 bits per heavy atom. The summed E-state index contributed by atoms with van der Waals surface area (Å²) in [7, 11) is 0. The number of nitrogens with zero attached hydrogens (tertiary/aromatic N) is 3. The molecule has 0 radical (unpaired) electrons. The van der Waals surface area contributed by atoms with Gasteiger partial charge in [0.2, 0.25) is 5.95 Å². The molecule has 21 heavy (non-hydrogen) atoms. The Morgan fingerprint density at radius 1 is 1.29 bits per heavy atom. The number of aliphatic hydroxyl groups is 1. The number of aromatic nitrogens is 2. The third kappa shape index (κ3) is 3.25. The first-order chi connectivity index (χ1) is 10.3. The van der Waals surface area contributed by atoms with Gasteiger partial charge in [-0.1, -0.05) is 15.9 Å². The molecule has 7 heteroatoms. The van der Waals surface area contributed by atoms with E-state index in [1.807, 2.05) is 18.2 Å². The van der Waals surface area contributed by atoms with Gasteiger partial charge in [0.1, 0.15) is 5.82 Å². The van der Waals surface area contributed by atoms with Gasteiger partial charge in [0.05, 0.1) is 25.3 Å². The lowest BCUT2D eigenvalue weighted by Gasteiger charge is -2.27. The summed E-state index contributed by atoms with van der Waals surface area (Å²) in [6.45, 7) is 3.50. The monoisotopic (exact) mass is 352 g/mol. The van der Waals surface area contributed by atoms with Crippen molar-refractivity contribution in [2.24, 2.45) is 0 Å². The Morgan fingerprint density at radius 2 is 2.10 bits per heavy atom. The molecular weight excluding hydrogens is 336 g/mol. The van der Waals surface area contributed by atoms with Gasteiger partial charge < -0.3 is 20.1 Å². The first-order valence-electron chi connectivity index (χ1n) is 6.92.